The Morgan fingerprint density at radius 1 is 0.966 bits per heavy atom. The smallest absolute Gasteiger partial charge is 0.278 e. The number of nitrogens with zero attached hydrogens (tertiary/aromatic N) is 2. The number of ether oxygens (including phenoxy) is 2. The average Bonchev–Trinajstić information content (AvgIpc) is 2.77. The van der Waals surface area contributed by atoms with Crippen molar-refractivity contribution in [2.75, 3.05) is 7.11 Å². The van der Waals surface area contributed by atoms with Crippen LogP contribution in [0, 0.1) is 10.1 Å². The third-order valence-electron chi connectivity index (χ3n) is 4.67. The van der Waals surface area contributed by atoms with Crippen LogP contribution in [0.2, 0.25) is 0 Å². The first-order chi connectivity index (χ1) is 14.2. The maximum Gasteiger partial charge on any atom is 0.278 e. The first kappa shape index (κ1) is 18.4. The van der Waals surface area contributed by atoms with Crippen LogP contribution in [0.3, 0.4) is 0 Å². The maximum absolute atomic E-state index is 11.7. The number of rotatable bonds is 6. The van der Waals surface area contributed by atoms with Crippen LogP contribution in [0.5, 0.6) is 11.6 Å². The number of nitro benzene ring substituents is 1. The Balaban J connectivity index is 1.83. The fourth-order valence-electron chi connectivity index (χ4n) is 3.24. The summed E-state index contributed by atoms with van der Waals surface area (Å²) in [4.78, 5) is 15.8. The molecule has 4 rings (SSSR count). The molecule has 0 aliphatic carbocycles. The van der Waals surface area contributed by atoms with E-state index in [0.717, 1.165) is 11.1 Å². The lowest BCUT2D eigenvalue weighted by molar-refractivity contribution is -0.383. The Labute approximate surface area is 167 Å². The molecule has 0 bridgehead atoms. The molecule has 0 aliphatic rings. The van der Waals surface area contributed by atoms with Gasteiger partial charge in [-0.05, 0) is 29.3 Å². The molecule has 0 aliphatic heterocycles. The first-order valence-electron chi connectivity index (χ1n) is 9.04. The second kappa shape index (κ2) is 7.98. The molecule has 1 aromatic heterocycles. The maximum atomic E-state index is 11.7. The lowest BCUT2D eigenvalue weighted by Gasteiger charge is -2.12. The number of fused-ring (bicyclic) bond motifs is 1. The second-order valence-electron chi connectivity index (χ2n) is 6.44. The summed E-state index contributed by atoms with van der Waals surface area (Å²) in [6, 6.07) is 22.0. The van der Waals surface area contributed by atoms with Crippen LogP contribution >= 0.6 is 0 Å². The molecule has 0 saturated heterocycles. The first-order valence-corrected chi connectivity index (χ1v) is 9.04. The van der Waals surface area contributed by atoms with Gasteiger partial charge in [-0.3, -0.25) is 10.1 Å². The van der Waals surface area contributed by atoms with Crippen molar-refractivity contribution in [1.29, 1.82) is 0 Å². The standard InChI is InChI=1S/C23H18N2O4/c1-28-18-12-10-17(11-13-18)20-14-24-23(29-15-16-6-3-2-4-7-16)19-8-5-9-21(22(19)20)25(26)27/h2-14H,15H2,1H3. The molecule has 29 heavy (non-hydrogen) atoms. The van der Waals surface area contributed by atoms with Gasteiger partial charge >= 0.3 is 0 Å². The highest BCUT2D eigenvalue weighted by Crippen LogP contribution is 2.38. The number of benzene rings is 3. The molecule has 0 N–H and O–H groups in total. The van der Waals surface area contributed by atoms with Gasteiger partial charge in [0.15, 0.2) is 0 Å². The van der Waals surface area contributed by atoms with E-state index in [0.29, 0.717) is 34.6 Å². The summed E-state index contributed by atoms with van der Waals surface area (Å²) in [7, 11) is 1.59. The quantitative estimate of drug-likeness (QED) is 0.328. The van der Waals surface area contributed by atoms with E-state index < -0.39 is 0 Å². The van der Waals surface area contributed by atoms with Gasteiger partial charge in [0, 0.05) is 17.8 Å². The summed E-state index contributed by atoms with van der Waals surface area (Å²) in [5.74, 6) is 1.08. The minimum atomic E-state index is -0.379. The van der Waals surface area contributed by atoms with E-state index in [1.807, 2.05) is 54.6 Å². The molecular formula is C23H18N2O4. The van der Waals surface area contributed by atoms with Gasteiger partial charge in [0.1, 0.15) is 12.4 Å². The summed E-state index contributed by atoms with van der Waals surface area (Å²) >= 11 is 0. The normalized spacial score (nSPS) is 10.7. The predicted molar refractivity (Wildman–Crippen MR) is 111 cm³/mol. The van der Waals surface area contributed by atoms with Crippen LogP contribution in [0.25, 0.3) is 21.9 Å². The highest BCUT2D eigenvalue weighted by molar-refractivity contribution is 6.04. The monoisotopic (exact) mass is 386 g/mol. The molecule has 3 aromatic carbocycles. The third kappa shape index (κ3) is 3.73. The number of nitro groups is 1. The van der Waals surface area contributed by atoms with Gasteiger partial charge < -0.3 is 9.47 Å². The SMILES string of the molecule is COc1ccc(-c2cnc(OCc3ccccc3)c3cccc([N+](=O)[O-])c23)cc1. The van der Waals surface area contributed by atoms with Gasteiger partial charge in [0.25, 0.3) is 5.69 Å². The number of methoxy groups -OCH3 is 1. The molecule has 1 heterocycles. The summed E-state index contributed by atoms with van der Waals surface area (Å²) in [6.07, 6.45) is 1.62. The minimum Gasteiger partial charge on any atom is -0.497 e. The van der Waals surface area contributed by atoms with Crippen molar-refractivity contribution in [3.63, 3.8) is 0 Å². The predicted octanol–water partition coefficient (Wildman–Crippen LogP) is 5.40. The zero-order valence-electron chi connectivity index (χ0n) is 15.7. The Morgan fingerprint density at radius 2 is 1.72 bits per heavy atom. The highest BCUT2D eigenvalue weighted by Gasteiger charge is 2.20. The van der Waals surface area contributed by atoms with Crippen LogP contribution in [-0.2, 0) is 6.61 Å². The number of hydrogen-bond donors (Lipinski definition) is 0. The molecule has 0 fully saturated rings. The molecule has 0 unspecified atom stereocenters. The minimum absolute atomic E-state index is 0.0141. The number of hydrogen-bond acceptors (Lipinski definition) is 5. The summed E-state index contributed by atoms with van der Waals surface area (Å²) in [5.41, 5.74) is 2.49. The van der Waals surface area contributed by atoms with Crippen molar-refractivity contribution in [3.05, 3.63) is 94.7 Å². The van der Waals surface area contributed by atoms with E-state index in [-0.39, 0.29) is 10.6 Å². The van der Waals surface area contributed by atoms with Crippen LogP contribution in [0.15, 0.2) is 79.0 Å². The van der Waals surface area contributed by atoms with Crippen molar-refractivity contribution in [1.82, 2.24) is 4.98 Å². The number of pyridine rings is 1. The molecule has 0 spiro atoms. The van der Waals surface area contributed by atoms with Crippen molar-refractivity contribution >= 4 is 16.5 Å². The number of aromatic nitrogens is 1. The van der Waals surface area contributed by atoms with Gasteiger partial charge in [-0.2, -0.15) is 0 Å². The van der Waals surface area contributed by atoms with Crippen LogP contribution in [0.4, 0.5) is 5.69 Å². The number of non-ortho nitro benzene ring substituents is 1. The van der Waals surface area contributed by atoms with Crippen molar-refractivity contribution < 1.29 is 14.4 Å². The zero-order chi connectivity index (χ0) is 20.2. The topological polar surface area (TPSA) is 74.5 Å². The highest BCUT2D eigenvalue weighted by atomic mass is 16.6. The summed E-state index contributed by atoms with van der Waals surface area (Å²) < 4.78 is 11.1. The van der Waals surface area contributed by atoms with Gasteiger partial charge in [0.05, 0.1) is 22.8 Å². The second-order valence-corrected chi connectivity index (χ2v) is 6.44. The summed E-state index contributed by atoms with van der Waals surface area (Å²) in [6.45, 7) is 0.327. The molecule has 4 aromatic rings. The summed E-state index contributed by atoms with van der Waals surface area (Å²) in [5, 5.41) is 12.8. The van der Waals surface area contributed by atoms with E-state index in [9.17, 15) is 10.1 Å². The molecule has 0 amide bonds. The van der Waals surface area contributed by atoms with Crippen molar-refractivity contribution in [2.45, 2.75) is 6.61 Å². The van der Waals surface area contributed by atoms with E-state index in [2.05, 4.69) is 4.98 Å². The third-order valence-corrected chi connectivity index (χ3v) is 4.67. The largest absolute Gasteiger partial charge is 0.497 e. The lowest BCUT2D eigenvalue weighted by Crippen LogP contribution is -2.00. The Bertz CT molecular complexity index is 1160. The van der Waals surface area contributed by atoms with Crippen molar-refractivity contribution in [3.8, 4) is 22.8 Å². The fourth-order valence-corrected chi connectivity index (χ4v) is 3.24. The van der Waals surface area contributed by atoms with Gasteiger partial charge in [0.2, 0.25) is 5.88 Å². The molecule has 0 atom stereocenters. The Kier molecular flexibility index (Phi) is 5.07. The Hall–Kier alpha value is -3.93. The average molecular weight is 386 g/mol. The molecule has 0 saturated carbocycles. The van der Waals surface area contributed by atoms with Gasteiger partial charge in [-0.15, -0.1) is 0 Å². The van der Waals surface area contributed by atoms with Crippen LogP contribution in [-0.4, -0.2) is 17.0 Å². The fraction of sp³-hybridized carbons (Fsp3) is 0.0870. The van der Waals surface area contributed by atoms with E-state index in [4.69, 9.17) is 9.47 Å². The molecule has 6 nitrogen and oxygen atoms in total. The van der Waals surface area contributed by atoms with Gasteiger partial charge in [-0.1, -0.05) is 48.5 Å². The van der Waals surface area contributed by atoms with E-state index in [1.54, 1.807) is 25.4 Å². The zero-order valence-corrected chi connectivity index (χ0v) is 15.7. The van der Waals surface area contributed by atoms with Crippen LogP contribution < -0.4 is 9.47 Å². The Morgan fingerprint density at radius 3 is 2.41 bits per heavy atom. The molecule has 144 valence electrons. The van der Waals surface area contributed by atoms with Crippen molar-refractivity contribution in [2.24, 2.45) is 0 Å². The molecule has 0 radical (unpaired) electrons. The van der Waals surface area contributed by atoms with E-state index in [1.165, 1.54) is 6.07 Å². The van der Waals surface area contributed by atoms with Crippen LogP contribution in [0.1, 0.15) is 5.56 Å². The van der Waals surface area contributed by atoms with E-state index >= 15 is 0 Å². The van der Waals surface area contributed by atoms with Gasteiger partial charge in [-0.25, -0.2) is 4.98 Å². The lowest BCUT2D eigenvalue weighted by atomic mass is 9.99. The molecule has 6 heteroatoms. The molecular weight excluding hydrogens is 368 g/mol.